The van der Waals surface area contributed by atoms with Gasteiger partial charge in [-0.3, -0.25) is 9.69 Å². The summed E-state index contributed by atoms with van der Waals surface area (Å²) in [6, 6.07) is 3.62. The highest BCUT2D eigenvalue weighted by Crippen LogP contribution is 2.32. The molecule has 0 bridgehead atoms. The molecule has 2 unspecified atom stereocenters. The third-order valence-corrected chi connectivity index (χ3v) is 9.86. The molecule has 9 heteroatoms. The molecule has 1 aromatic rings. The van der Waals surface area contributed by atoms with Crippen molar-refractivity contribution in [2.24, 2.45) is 5.92 Å². The number of piperidine rings is 2. The van der Waals surface area contributed by atoms with E-state index in [9.17, 15) is 4.79 Å². The standard InChI is InChI=1S/C31H53N7O2/c39-24-17-32-30(40)25-13-21-36(22-14-25)23-15-28-27(11-8-20-38(28)26-9-4-3-5-10-26)34-31-33-16-12-29(35-31)37-18-6-1-2-7-19-37/h12,16,25-28,39H,1-11,13-15,17-24H2,(H,32,40)(H,33,34,35). The van der Waals surface area contributed by atoms with Crippen LogP contribution in [0.4, 0.5) is 11.8 Å². The first-order chi connectivity index (χ1) is 19.7. The molecule has 0 spiro atoms. The second-order valence-electron chi connectivity index (χ2n) is 12.5. The van der Waals surface area contributed by atoms with Gasteiger partial charge in [0.25, 0.3) is 0 Å². The van der Waals surface area contributed by atoms with Gasteiger partial charge in [0.05, 0.1) is 6.61 Å². The molecule has 1 saturated carbocycles. The molecule has 1 aliphatic carbocycles. The molecule has 5 rings (SSSR count). The number of likely N-dealkylation sites (tertiary alicyclic amines) is 2. The molecule has 0 aromatic carbocycles. The Balaban J connectivity index is 1.22. The number of aliphatic hydroxyl groups excluding tert-OH is 1. The predicted octanol–water partition coefficient (Wildman–Crippen LogP) is 3.65. The second-order valence-corrected chi connectivity index (χ2v) is 12.5. The van der Waals surface area contributed by atoms with Crippen LogP contribution in [0, 0.1) is 5.92 Å². The SMILES string of the molecule is O=C(NCCO)C1CCN(CCC2C(Nc3nccc(N4CCCCCC4)n3)CCCN2C2CCCCC2)CC1. The minimum Gasteiger partial charge on any atom is -0.395 e. The number of anilines is 2. The Morgan fingerprint density at radius 1 is 0.900 bits per heavy atom. The van der Waals surface area contributed by atoms with E-state index in [0.29, 0.717) is 24.7 Å². The van der Waals surface area contributed by atoms with Gasteiger partial charge >= 0.3 is 0 Å². The highest BCUT2D eigenvalue weighted by atomic mass is 16.3. The predicted molar refractivity (Wildman–Crippen MR) is 161 cm³/mol. The van der Waals surface area contributed by atoms with Gasteiger partial charge < -0.3 is 25.5 Å². The molecule has 2 atom stereocenters. The van der Waals surface area contributed by atoms with Gasteiger partial charge in [0.1, 0.15) is 5.82 Å². The zero-order valence-corrected chi connectivity index (χ0v) is 24.6. The Labute approximate surface area is 241 Å². The van der Waals surface area contributed by atoms with Crippen LogP contribution in [0.2, 0.25) is 0 Å². The first-order valence-electron chi connectivity index (χ1n) is 16.4. The van der Waals surface area contributed by atoms with Crippen LogP contribution in [0.5, 0.6) is 0 Å². The van der Waals surface area contributed by atoms with Crippen LogP contribution in [0.1, 0.15) is 89.9 Å². The van der Waals surface area contributed by atoms with Crippen molar-refractivity contribution in [2.75, 3.05) is 62.6 Å². The van der Waals surface area contributed by atoms with Crippen LogP contribution in [-0.4, -0.2) is 101 Å². The fraction of sp³-hybridized carbons (Fsp3) is 0.839. The summed E-state index contributed by atoms with van der Waals surface area (Å²) < 4.78 is 0. The lowest BCUT2D eigenvalue weighted by Gasteiger charge is -2.47. The number of carbonyl (C=O) groups excluding carboxylic acids is 1. The average molecular weight is 556 g/mol. The summed E-state index contributed by atoms with van der Waals surface area (Å²) in [6.07, 6.45) is 19.2. The summed E-state index contributed by atoms with van der Waals surface area (Å²) in [6.45, 7) is 6.79. The third kappa shape index (κ3) is 8.07. The molecule has 1 amide bonds. The lowest BCUT2D eigenvalue weighted by atomic mass is 9.86. The van der Waals surface area contributed by atoms with Crippen molar-refractivity contribution < 1.29 is 9.90 Å². The van der Waals surface area contributed by atoms with E-state index in [-0.39, 0.29) is 18.4 Å². The van der Waals surface area contributed by atoms with Crippen LogP contribution in [-0.2, 0) is 4.79 Å². The molecule has 3 saturated heterocycles. The Morgan fingerprint density at radius 3 is 2.40 bits per heavy atom. The first kappa shape index (κ1) is 29.5. The van der Waals surface area contributed by atoms with Crippen molar-refractivity contribution in [1.82, 2.24) is 25.1 Å². The molecule has 4 aliphatic rings. The minimum atomic E-state index is 0.00621. The van der Waals surface area contributed by atoms with Crippen LogP contribution in [0.25, 0.3) is 0 Å². The Morgan fingerprint density at radius 2 is 1.65 bits per heavy atom. The second kappa shape index (κ2) is 15.3. The van der Waals surface area contributed by atoms with Gasteiger partial charge in [-0.1, -0.05) is 32.1 Å². The molecule has 3 aliphatic heterocycles. The van der Waals surface area contributed by atoms with Crippen LogP contribution in [0.15, 0.2) is 12.3 Å². The molecular weight excluding hydrogens is 502 g/mol. The van der Waals surface area contributed by atoms with Gasteiger partial charge in [-0.15, -0.1) is 0 Å². The number of hydrogen-bond acceptors (Lipinski definition) is 8. The van der Waals surface area contributed by atoms with Gasteiger partial charge in [0.2, 0.25) is 11.9 Å². The largest absolute Gasteiger partial charge is 0.395 e. The summed E-state index contributed by atoms with van der Waals surface area (Å²) >= 11 is 0. The monoisotopic (exact) mass is 555 g/mol. The highest BCUT2D eigenvalue weighted by Gasteiger charge is 2.37. The summed E-state index contributed by atoms with van der Waals surface area (Å²) in [5, 5.41) is 15.7. The molecule has 4 heterocycles. The van der Waals surface area contributed by atoms with Gasteiger partial charge in [-0.25, -0.2) is 4.98 Å². The maximum absolute atomic E-state index is 12.4. The van der Waals surface area contributed by atoms with Crippen LogP contribution in [0.3, 0.4) is 0 Å². The molecule has 0 radical (unpaired) electrons. The zero-order chi connectivity index (χ0) is 27.6. The number of nitrogens with one attached hydrogen (secondary N) is 2. The quantitative estimate of drug-likeness (QED) is 0.403. The van der Waals surface area contributed by atoms with E-state index >= 15 is 0 Å². The number of carbonyl (C=O) groups is 1. The smallest absolute Gasteiger partial charge is 0.224 e. The molecule has 3 N–H and O–H groups in total. The Bertz CT molecular complexity index is 895. The number of nitrogens with zero attached hydrogens (tertiary/aromatic N) is 5. The van der Waals surface area contributed by atoms with E-state index in [1.165, 1.54) is 70.8 Å². The summed E-state index contributed by atoms with van der Waals surface area (Å²) in [7, 11) is 0. The third-order valence-electron chi connectivity index (χ3n) is 9.86. The number of hydrogen-bond donors (Lipinski definition) is 3. The molecule has 9 nitrogen and oxygen atoms in total. The van der Waals surface area contributed by atoms with E-state index in [2.05, 4.69) is 36.4 Å². The normalized spacial score (nSPS) is 26.4. The molecule has 224 valence electrons. The van der Waals surface area contributed by atoms with Gasteiger partial charge in [0.15, 0.2) is 0 Å². The van der Waals surface area contributed by atoms with Crippen LogP contribution < -0.4 is 15.5 Å². The average Bonchev–Trinajstić information content (AvgIpc) is 3.30. The van der Waals surface area contributed by atoms with Crippen molar-refractivity contribution in [3.8, 4) is 0 Å². The van der Waals surface area contributed by atoms with E-state index in [4.69, 9.17) is 10.1 Å². The topological polar surface area (TPSA) is 96.9 Å². The Hall–Kier alpha value is -1.97. The number of rotatable bonds is 10. The minimum absolute atomic E-state index is 0.00621. The van der Waals surface area contributed by atoms with Crippen molar-refractivity contribution in [3.63, 3.8) is 0 Å². The fourth-order valence-corrected chi connectivity index (χ4v) is 7.60. The van der Waals surface area contributed by atoms with Gasteiger partial charge in [-0.05, 0) is 90.0 Å². The maximum Gasteiger partial charge on any atom is 0.224 e. The fourth-order valence-electron chi connectivity index (χ4n) is 7.60. The zero-order valence-electron chi connectivity index (χ0n) is 24.6. The van der Waals surface area contributed by atoms with Gasteiger partial charge in [0, 0.05) is 49.9 Å². The molecule has 4 fully saturated rings. The number of aliphatic hydroxyl groups is 1. The number of amides is 1. The van der Waals surface area contributed by atoms with E-state index in [1.807, 2.05) is 6.20 Å². The summed E-state index contributed by atoms with van der Waals surface area (Å²) in [4.78, 5) is 30.0. The summed E-state index contributed by atoms with van der Waals surface area (Å²) in [5.74, 6) is 2.05. The van der Waals surface area contributed by atoms with Crippen molar-refractivity contribution in [3.05, 3.63) is 12.3 Å². The van der Waals surface area contributed by atoms with E-state index in [0.717, 1.165) is 70.2 Å². The van der Waals surface area contributed by atoms with Crippen molar-refractivity contribution >= 4 is 17.7 Å². The van der Waals surface area contributed by atoms with Crippen molar-refractivity contribution in [1.29, 1.82) is 0 Å². The Kier molecular flexibility index (Phi) is 11.3. The molecular formula is C31H53N7O2. The van der Waals surface area contributed by atoms with Crippen LogP contribution >= 0.6 is 0 Å². The van der Waals surface area contributed by atoms with E-state index < -0.39 is 0 Å². The summed E-state index contributed by atoms with van der Waals surface area (Å²) in [5.41, 5.74) is 0. The highest BCUT2D eigenvalue weighted by molar-refractivity contribution is 5.78. The van der Waals surface area contributed by atoms with E-state index in [1.54, 1.807) is 0 Å². The van der Waals surface area contributed by atoms with Crippen molar-refractivity contribution in [2.45, 2.75) is 108 Å². The first-order valence-corrected chi connectivity index (χ1v) is 16.4. The number of aromatic nitrogens is 2. The lowest BCUT2D eigenvalue weighted by molar-refractivity contribution is -0.126. The molecule has 1 aromatic heterocycles. The van der Waals surface area contributed by atoms with Gasteiger partial charge in [-0.2, -0.15) is 4.98 Å². The molecule has 40 heavy (non-hydrogen) atoms. The lowest BCUT2D eigenvalue weighted by Crippen LogP contribution is -2.56. The maximum atomic E-state index is 12.4.